The summed E-state index contributed by atoms with van der Waals surface area (Å²) in [7, 11) is 0. The zero-order valence-corrected chi connectivity index (χ0v) is 14.6. The molecular weight excluding hydrogens is 347 g/mol. The highest BCUT2D eigenvalue weighted by Crippen LogP contribution is 2.16. The van der Waals surface area contributed by atoms with Gasteiger partial charge in [0, 0.05) is 36.7 Å². The van der Waals surface area contributed by atoms with Crippen molar-refractivity contribution in [3.8, 4) is 11.4 Å². The molecule has 3 aromatic rings. The van der Waals surface area contributed by atoms with Crippen molar-refractivity contribution in [3.05, 3.63) is 72.8 Å². The molecule has 0 aliphatic carbocycles. The third kappa shape index (κ3) is 5.01. The zero-order valence-electron chi connectivity index (χ0n) is 14.6. The van der Waals surface area contributed by atoms with Gasteiger partial charge >= 0.3 is 11.8 Å². The maximum absolute atomic E-state index is 13.1. The van der Waals surface area contributed by atoms with E-state index in [9.17, 15) is 14.0 Å². The number of carbonyl (C=O) groups is 2. The van der Waals surface area contributed by atoms with E-state index in [0.717, 1.165) is 17.5 Å². The van der Waals surface area contributed by atoms with Crippen LogP contribution in [-0.4, -0.2) is 27.9 Å². The second-order valence-electron chi connectivity index (χ2n) is 5.88. The first-order chi connectivity index (χ1) is 13.1. The number of hydrogen-bond acceptors (Lipinski definition) is 3. The van der Waals surface area contributed by atoms with Crippen molar-refractivity contribution in [2.75, 3.05) is 11.9 Å². The summed E-state index contributed by atoms with van der Waals surface area (Å²) < 4.78 is 15.1. The molecule has 0 atom stereocenters. The van der Waals surface area contributed by atoms with Crippen LogP contribution in [-0.2, 0) is 16.1 Å². The molecule has 2 N–H and O–H groups in total. The van der Waals surface area contributed by atoms with E-state index in [1.165, 1.54) is 18.2 Å². The second-order valence-corrected chi connectivity index (χ2v) is 5.88. The SMILES string of the molecule is O=C(NCCCn1ccnc1-c1ccccc1)C(=O)Nc1cccc(F)c1. The summed E-state index contributed by atoms with van der Waals surface area (Å²) in [6.07, 6.45) is 4.24. The van der Waals surface area contributed by atoms with Crippen LogP contribution in [0.2, 0.25) is 0 Å². The predicted molar refractivity (Wildman–Crippen MR) is 100 cm³/mol. The van der Waals surface area contributed by atoms with E-state index in [0.29, 0.717) is 19.5 Å². The predicted octanol–water partition coefficient (Wildman–Crippen LogP) is 2.83. The molecule has 0 fully saturated rings. The fraction of sp³-hybridized carbons (Fsp3) is 0.150. The van der Waals surface area contributed by atoms with E-state index in [2.05, 4.69) is 15.6 Å². The summed E-state index contributed by atoms with van der Waals surface area (Å²) in [5.74, 6) is -1.21. The van der Waals surface area contributed by atoms with E-state index in [-0.39, 0.29) is 5.69 Å². The number of aromatic nitrogens is 2. The molecule has 0 aliphatic rings. The fourth-order valence-electron chi connectivity index (χ4n) is 2.62. The number of halogens is 1. The van der Waals surface area contributed by atoms with Gasteiger partial charge in [0.25, 0.3) is 0 Å². The number of benzene rings is 2. The summed E-state index contributed by atoms with van der Waals surface area (Å²) in [6, 6.07) is 15.2. The Hall–Kier alpha value is -3.48. The monoisotopic (exact) mass is 366 g/mol. The molecule has 0 unspecified atom stereocenters. The minimum Gasteiger partial charge on any atom is -0.348 e. The molecule has 0 aliphatic heterocycles. The molecule has 0 spiro atoms. The number of aryl methyl sites for hydroxylation is 1. The highest BCUT2D eigenvalue weighted by Gasteiger charge is 2.13. The number of nitrogens with zero attached hydrogens (tertiary/aromatic N) is 2. The lowest BCUT2D eigenvalue weighted by atomic mass is 10.2. The quantitative estimate of drug-likeness (QED) is 0.520. The summed E-state index contributed by atoms with van der Waals surface area (Å²) >= 11 is 0. The van der Waals surface area contributed by atoms with E-state index in [1.54, 1.807) is 6.20 Å². The molecule has 7 heteroatoms. The Kier molecular flexibility index (Phi) is 5.94. The molecule has 2 amide bonds. The highest BCUT2D eigenvalue weighted by molar-refractivity contribution is 6.39. The van der Waals surface area contributed by atoms with Crippen LogP contribution in [0.15, 0.2) is 67.0 Å². The van der Waals surface area contributed by atoms with Crippen LogP contribution in [0.3, 0.4) is 0 Å². The Bertz CT molecular complexity index is 924. The van der Waals surface area contributed by atoms with E-state index >= 15 is 0 Å². The van der Waals surface area contributed by atoms with Gasteiger partial charge in [0.1, 0.15) is 11.6 Å². The summed E-state index contributed by atoms with van der Waals surface area (Å²) in [4.78, 5) is 28.0. The van der Waals surface area contributed by atoms with Gasteiger partial charge in [-0.3, -0.25) is 9.59 Å². The Labute approximate surface area is 156 Å². The van der Waals surface area contributed by atoms with Crippen LogP contribution in [0.1, 0.15) is 6.42 Å². The maximum atomic E-state index is 13.1. The van der Waals surface area contributed by atoms with Crippen LogP contribution in [0, 0.1) is 5.82 Å². The lowest BCUT2D eigenvalue weighted by molar-refractivity contribution is -0.136. The first-order valence-corrected chi connectivity index (χ1v) is 8.55. The average molecular weight is 366 g/mol. The standard InChI is InChI=1S/C20H19FN4O2/c21-16-8-4-9-17(14-16)24-20(27)19(26)23-10-5-12-25-13-11-22-18(25)15-6-2-1-3-7-15/h1-4,6-9,11,13-14H,5,10,12H2,(H,23,26)(H,24,27). The number of nitrogens with one attached hydrogen (secondary N) is 2. The number of imidazole rings is 1. The van der Waals surface area contributed by atoms with Crippen molar-refractivity contribution in [1.82, 2.24) is 14.9 Å². The summed E-state index contributed by atoms with van der Waals surface area (Å²) in [5.41, 5.74) is 1.25. The smallest absolute Gasteiger partial charge is 0.313 e. The average Bonchev–Trinajstić information content (AvgIpc) is 3.14. The third-order valence-corrected chi connectivity index (χ3v) is 3.90. The van der Waals surface area contributed by atoms with E-state index < -0.39 is 17.6 Å². The molecule has 3 rings (SSSR count). The van der Waals surface area contributed by atoms with Gasteiger partial charge in [-0.25, -0.2) is 9.37 Å². The van der Waals surface area contributed by atoms with Gasteiger partial charge in [-0.05, 0) is 24.6 Å². The van der Waals surface area contributed by atoms with Crippen molar-refractivity contribution in [2.24, 2.45) is 0 Å². The van der Waals surface area contributed by atoms with E-state index in [4.69, 9.17) is 0 Å². The molecule has 0 saturated carbocycles. The van der Waals surface area contributed by atoms with Crippen molar-refractivity contribution in [3.63, 3.8) is 0 Å². The number of anilines is 1. The molecule has 1 heterocycles. The van der Waals surface area contributed by atoms with Crippen molar-refractivity contribution in [1.29, 1.82) is 0 Å². The Balaban J connectivity index is 1.46. The zero-order chi connectivity index (χ0) is 19.1. The first kappa shape index (κ1) is 18.3. The maximum Gasteiger partial charge on any atom is 0.313 e. The van der Waals surface area contributed by atoms with Gasteiger partial charge < -0.3 is 15.2 Å². The van der Waals surface area contributed by atoms with Crippen LogP contribution in [0.25, 0.3) is 11.4 Å². The van der Waals surface area contributed by atoms with Gasteiger partial charge in [-0.15, -0.1) is 0 Å². The van der Waals surface area contributed by atoms with Crippen molar-refractivity contribution in [2.45, 2.75) is 13.0 Å². The van der Waals surface area contributed by atoms with Crippen molar-refractivity contribution >= 4 is 17.5 Å². The van der Waals surface area contributed by atoms with Crippen LogP contribution >= 0.6 is 0 Å². The largest absolute Gasteiger partial charge is 0.348 e. The van der Waals surface area contributed by atoms with Crippen LogP contribution in [0.5, 0.6) is 0 Å². The Morgan fingerprint density at radius 2 is 1.85 bits per heavy atom. The molecule has 0 saturated heterocycles. The highest BCUT2D eigenvalue weighted by atomic mass is 19.1. The molecular formula is C20H19FN4O2. The van der Waals surface area contributed by atoms with Gasteiger partial charge in [-0.1, -0.05) is 36.4 Å². The third-order valence-electron chi connectivity index (χ3n) is 3.90. The van der Waals surface area contributed by atoms with E-state index in [1.807, 2.05) is 41.1 Å². The van der Waals surface area contributed by atoms with Crippen molar-refractivity contribution < 1.29 is 14.0 Å². The minimum atomic E-state index is -0.826. The second kappa shape index (κ2) is 8.75. The molecule has 27 heavy (non-hydrogen) atoms. The summed E-state index contributed by atoms with van der Waals surface area (Å²) in [6.45, 7) is 0.984. The lowest BCUT2D eigenvalue weighted by Crippen LogP contribution is -2.36. The van der Waals surface area contributed by atoms with Crippen LogP contribution in [0.4, 0.5) is 10.1 Å². The number of carbonyl (C=O) groups excluding carboxylic acids is 2. The van der Waals surface area contributed by atoms with Gasteiger partial charge in [0.05, 0.1) is 0 Å². The Morgan fingerprint density at radius 3 is 2.63 bits per heavy atom. The van der Waals surface area contributed by atoms with Gasteiger partial charge in [0.2, 0.25) is 0 Å². The number of rotatable bonds is 6. The topological polar surface area (TPSA) is 76.0 Å². The first-order valence-electron chi connectivity index (χ1n) is 8.55. The van der Waals surface area contributed by atoms with Gasteiger partial charge in [0.15, 0.2) is 0 Å². The molecule has 2 aromatic carbocycles. The molecule has 1 aromatic heterocycles. The normalized spacial score (nSPS) is 10.4. The minimum absolute atomic E-state index is 0.237. The number of hydrogen-bond donors (Lipinski definition) is 2. The molecule has 0 radical (unpaired) electrons. The number of amides is 2. The fourth-order valence-corrected chi connectivity index (χ4v) is 2.62. The molecule has 6 nitrogen and oxygen atoms in total. The summed E-state index contributed by atoms with van der Waals surface area (Å²) in [5, 5.41) is 4.92. The molecule has 0 bridgehead atoms. The molecule has 138 valence electrons. The lowest BCUT2D eigenvalue weighted by Gasteiger charge is -2.09. The van der Waals surface area contributed by atoms with Gasteiger partial charge in [-0.2, -0.15) is 0 Å². The Morgan fingerprint density at radius 1 is 1.04 bits per heavy atom. The van der Waals surface area contributed by atoms with Crippen LogP contribution < -0.4 is 10.6 Å².